The average molecular weight is 242 g/mol. The van der Waals surface area contributed by atoms with Crippen LogP contribution < -0.4 is 5.32 Å². The Morgan fingerprint density at radius 2 is 2.18 bits per heavy atom. The molecule has 0 aliphatic rings. The highest BCUT2D eigenvalue weighted by Crippen LogP contribution is 2.08. The van der Waals surface area contributed by atoms with Gasteiger partial charge < -0.3 is 14.8 Å². The van der Waals surface area contributed by atoms with Crippen LogP contribution in [-0.4, -0.2) is 38.5 Å². The highest BCUT2D eigenvalue weighted by atomic mass is 19.1. The molecular weight excluding hydrogens is 223 g/mol. The summed E-state index contributed by atoms with van der Waals surface area (Å²) in [6.07, 6.45) is 1.22. The molecule has 1 N–H and O–H groups in total. The molecule has 0 radical (unpaired) electrons. The molecule has 5 heteroatoms. The zero-order valence-corrected chi connectivity index (χ0v) is 10.3. The van der Waals surface area contributed by atoms with E-state index in [9.17, 15) is 4.39 Å². The van der Waals surface area contributed by atoms with Gasteiger partial charge in [0, 0.05) is 19.7 Å². The summed E-state index contributed by atoms with van der Waals surface area (Å²) in [7, 11) is 1.64. The number of hydrogen-bond acceptors (Lipinski definition) is 4. The van der Waals surface area contributed by atoms with Crippen LogP contribution in [0, 0.1) is 5.82 Å². The fraction of sp³-hybridized carbons (Fsp3) is 0.583. The smallest absolute Gasteiger partial charge is 0.141 e. The Balaban J connectivity index is 2.16. The second-order valence-corrected chi connectivity index (χ2v) is 3.68. The lowest BCUT2D eigenvalue weighted by Gasteiger charge is -2.13. The van der Waals surface area contributed by atoms with Gasteiger partial charge in [-0.3, -0.25) is 4.98 Å². The summed E-state index contributed by atoms with van der Waals surface area (Å²) in [6.45, 7) is 4.53. The van der Waals surface area contributed by atoms with E-state index in [1.807, 2.05) is 6.92 Å². The second-order valence-electron chi connectivity index (χ2n) is 3.68. The third-order valence-corrected chi connectivity index (χ3v) is 2.32. The van der Waals surface area contributed by atoms with Crippen LogP contribution in [0.2, 0.25) is 0 Å². The van der Waals surface area contributed by atoms with Gasteiger partial charge in [-0.2, -0.15) is 0 Å². The van der Waals surface area contributed by atoms with Gasteiger partial charge in [0.1, 0.15) is 5.82 Å². The summed E-state index contributed by atoms with van der Waals surface area (Å²) in [5.74, 6) is -0.316. The molecule has 0 saturated carbocycles. The minimum atomic E-state index is -0.316. The highest BCUT2D eigenvalue weighted by molar-refractivity contribution is 5.08. The van der Waals surface area contributed by atoms with Crippen molar-refractivity contribution in [3.05, 3.63) is 29.8 Å². The van der Waals surface area contributed by atoms with Crippen LogP contribution in [0.3, 0.4) is 0 Å². The number of rotatable bonds is 8. The van der Waals surface area contributed by atoms with Crippen molar-refractivity contribution in [3.8, 4) is 0 Å². The van der Waals surface area contributed by atoms with E-state index >= 15 is 0 Å². The number of halogens is 1. The van der Waals surface area contributed by atoms with E-state index in [4.69, 9.17) is 9.47 Å². The molecule has 0 aliphatic heterocycles. The van der Waals surface area contributed by atoms with E-state index in [0.29, 0.717) is 19.8 Å². The molecule has 96 valence electrons. The predicted molar refractivity (Wildman–Crippen MR) is 63.3 cm³/mol. The van der Waals surface area contributed by atoms with Gasteiger partial charge in [0.05, 0.1) is 31.7 Å². The molecular formula is C12H19FN2O2. The lowest BCUT2D eigenvalue weighted by atomic mass is 10.2. The quantitative estimate of drug-likeness (QED) is 0.702. The fourth-order valence-electron chi connectivity index (χ4n) is 1.34. The van der Waals surface area contributed by atoms with Gasteiger partial charge in [-0.05, 0) is 19.1 Å². The summed E-state index contributed by atoms with van der Waals surface area (Å²) < 4.78 is 22.8. The van der Waals surface area contributed by atoms with E-state index in [-0.39, 0.29) is 11.9 Å². The summed E-state index contributed by atoms with van der Waals surface area (Å²) in [6, 6.07) is 3.18. The molecule has 1 heterocycles. The molecule has 1 unspecified atom stereocenters. The number of aromatic nitrogens is 1. The van der Waals surface area contributed by atoms with Crippen LogP contribution >= 0.6 is 0 Å². The maximum Gasteiger partial charge on any atom is 0.141 e. The van der Waals surface area contributed by atoms with E-state index in [1.54, 1.807) is 13.2 Å². The normalized spacial score (nSPS) is 12.6. The molecule has 1 aromatic heterocycles. The second kappa shape index (κ2) is 8.11. The minimum Gasteiger partial charge on any atom is -0.382 e. The zero-order chi connectivity index (χ0) is 12.5. The Hall–Kier alpha value is -1.04. The first-order valence-electron chi connectivity index (χ1n) is 5.65. The molecule has 1 atom stereocenters. The van der Waals surface area contributed by atoms with Gasteiger partial charge in [-0.25, -0.2) is 4.39 Å². The van der Waals surface area contributed by atoms with Crippen molar-refractivity contribution in [1.29, 1.82) is 0 Å². The van der Waals surface area contributed by atoms with Crippen molar-refractivity contribution in [3.63, 3.8) is 0 Å². The van der Waals surface area contributed by atoms with Crippen molar-refractivity contribution in [2.75, 3.05) is 33.5 Å². The molecule has 1 aromatic rings. The topological polar surface area (TPSA) is 43.4 Å². The van der Waals surface area contributed by atoms with Crippen LogP contribution in [0.4, 0.5) is 4.39 Å². The van der Waals surface area contributed by atoms with Crippen LogP contribution in [0.5, 0.6) is 0 Å². The van der Waals surface area contributed by atoms with Gasteiger partial charge in [0.2, 0.25) is 0 Å². The third kappa shape index (κ3) is 5.72. The van der Waals surface area contributed by atoms with Gasteiger partial charge in [-0.15, -0.1) is 0 Å². The van der Waals surface area contributed by atoms with Crippen molar-refractivity contribution in [2.24, 2.45) is 0 Å². The van der Waals surface area contributed by atoms with Crippen molar-refractivity contribution >= 4 is 0 Å². The van der Waals surface area contributed by atoms with Crippen LogP contribution in [-0.2, 0) is 9.47 Å². The molecule has 0 amide bonds. The Morgan fingerprint density at radius 1 is 1.35 bits per heavy atom. The Morgan fingerprint density at radius 3 is 2.82 bits per heavy atom. The lowest BCUT2D eigenvalue weighted by Crippen LogP contribution is -2.24. The van der Waals surface area contributed by atoms with Crippen molar-refractivity contribution in [2.45, 2.75) is 13.0 Å². The predicted octanol–water partition coefficient (Wildman–Crippen LogP) is 1.53. The number of methoxy groups -OCH3 is 1. The number of nitrogens with zero attached hydrogens (tertiary/aromatic N) is 1. The molecule has 0 spiro atoms. The minimum absolute atomic E-state index is 0.0848. The summed E-state index contributed by atoms with van der Waals surface area (Å²) in [5, 5.41) is 3.24. The standard InChI is InChI=1S/C12H19FN2O2/c1-10(12-4-3-11(13)9-15-12)14-5-6-17-8-7-16-2/h3-4,9-10,14H,5-8H2,1-2H3. The average Bonchev–Trinajstić information content (AvgIpc) is 2.34. The summed E-state index contributed by atoms with van der Waals surface area (Å²) >= 11 is 0. The molecule has 1 rings (SSSR count). The monoisotopic (exact) mass is 242 g/mol. The fourth-order valence-corrected chi connectivity index (χ4v) is 1.34. The van der Waals surface area contributed by atoms with E-state index in [0.717, 1.165) is 12.2 Å². The Labute approximate surface area is 101 Å². The molecule has 0 bridgehead atoms. The van der Waals surface area contributed by atoms with Gasteiger partial charge in [0.15, 0.2) is 0 Å². The molecule has 4 nitrogen and oxygen atoms in total. The summed E-state index contributed by atoms with van der Waals surface area (Å²) in [5.41, 5.74) is 0.822. The first kappa shape index (κ1) is 14.0. The number of pyridine rings is 1. The molecule has 0 aliphatic carbocycles. The van der Waals surface area contributed by atoms with Crippen molar-refractivity contribution < 1.29 is 13.9 Å². The lowest BCUT2D eigenvalue weighted by molar-refractivity contribution is 0.0712. The van der Waals surface area contributed by atoms with Crippen molar-refractivity contribution in [1.82, 2.24) is 10.3 Å². The maximum atomic E-state index is 12.7. The van der Waals surface area contributed by atoms with Crippen LogP contribution in [0.15, 0.2) is 18.3 Å². The van der Waals surface area contributed by atoms with Gasteiger partial charge >= 0.3 is 0 Å². The molecule has 0 saturated heterocycles. The maximum absolute atomic E-state index is 12.7. The molecule has 0 fully saturated rings. The van der Waals surface area contributed by atoms with E-state index in [2.05, 4.69) is 10.3 Å². The first-order valence-corrected chi connectivity index (χ1v) is 5.65. The molecule has 17 heavy (non-hydrogen) atoms. The SMILES string of the molecule is COCCOCCNC(C)c1ccc(F)cn1. The van der Waals surface area contributed by atoms with Gasteiger partial charge in [-0.1, -0.05) is 0 Å². The summed E-state index contributed by atoms with van der Waals surface area (Å²) in [4.78, 5) is 4.01. The highest BCUT2D eigenvalue weighted by Gasteiger charge is 2.05. The van der Waals surface area contributed by atoms with Crippen LogP contribution in [0.1, 0.15) is 18.7 Å². The Kier molecular flexibility index (Phi) is 6.69. The Bertz CT molecular complexity index is 306. The van der Waals surface area contributed by atoms with Crippen LogP contribution in [0.25, 0.3) is 0 Å². The first-order chi connectivity index (χ1) is 8.24. The number of ether oxygens (including phenoxy) is 2. The zero-order valence-electron chi connectivity index (χ0n) is 10.3. The van der Waals surface area contributed by atoms with Gasteiger partial charge in [0.25, 0.3) is 0 Å². The van der Waals surface area contributed by atoms with E-state index in [1.165, 1.54) is 12.3 Å². The third-order valence-electron chi connectivity index (χ3n) is 2.32. The number of nitrogens with one attached hydrogen (secondary N) is 1. The van der Waals surface area contributed by atoms with E-state index < -0.39 is 0 Å². The number of hydrogen-bond donors (Lipinski definition) is 1. The largest absolute Gasteiger partial charge is 0.382 e. The molecule has 0 aromatic carbocycles.